The van der Waals surface area contributed by atoms with Gasteiger partial charge in [-0.15, -0.1) is 24.2 Å². The van der Waals surface area contributed by atoms with Gasteiger partial charge in [0.2, 0.25) is 5.89 Å². The number of rotatable bonds is 4. The number of piperazine rings is 1. The Kier molecular flexibility index (Phi) is 7.22. The minimum Gasteiger partial charge on any atom is -0.338 e. The van der Waals surface area contributed by atoms with Gasteiger partial charge in [0.15, 0.2) is 5.82 Å². The van der Waals surface area contributed by atoms with Gasteiger partial charge in [0.1, 0.15) is 0 Å². The SMILES string of the molecule is CC(Sc1cc(Cl)ccc1Cl)c1nc(C2CNCCN2C)no1.Cl. The van der Waals surface area contributed by atoms with Gasteiger partial charge in [0.25, 0.3) is 0 Å². The minimum atomic E-state index is -0.00549. The van der Waals surface area contributed by atoms with Gasteiger partial charge >= 0.3 is 0 Å². The summed E-state index contributed by atoms with van der Waals surface area (Å²) in [4.78, 5) is 7.71. The maximum absolute atomic E-state index is 6.21. The first kappa shape index (κ1) is 19.8. The Morgan fingerprint density at radius 3 is 2.96 bits per heavy atom. The van der Waals surface area contributed by atoms with Gasteiger partial charge in [-0.2, -0.15) is 4.98 Å². The molecule has 0 aliphatic carbocycles. The van der Waals surface area contributed by atoms with Crippen LogP contribution in [0.3, 0.4) is 0 Å². The Bertz CT molecular complexity index is 684. The summed E-state index contributed by atoms with van der Waals surface area (Å²) in [6, 6.07) is 5.56. The van der Waals surface area contributed by atoms with Gasteiger partial charge in [-0.25, -0.2) is 0 Å². The van der Waals surface area contributed by atoms with E-state index >= 15 is 0 Å². The summed E-state index contributed by atoms with van der Waals surface area (Å²) in [6.45, 7) is 4.80. The van der Waals surface area contributed by atoms with Crippen LogP contribution < -0.4 is 5.32 Å². The van der Waals surface area contributed by atoms with E-state index in [-0.39, 0.29) is 23.7 Å². The molecule has 9 heteroatoms. The zero-order valence-corrected chi connectivity index (χ0v) is 16.5. The molecule has 0 amide bonds. The van der Waals surface area contributed by atoms with Crippen LogP contribution in [0.1, 0.15) is 29.9 Å². The van der Waals surface area contributed by atoms with Crippen LogP contribution in [-0.2, 0) is 0 Å². The molecule has 2 heterocycles. The summed E-state index contributed by atoms with van der Waals surface area (Å²) < 4.78 is 5.46. The number of nitrogens with zero attached hydrogens (tertiary/aromatic N) is 3. The summed E-state index contributed by atoms with van der Waals surface area (Å²) in [5.41, 5.74) is 0. The van der Waals surface area contributed by atoms with Crippen molar-refractivity contribution in [3.8, 4) is 0 Å². The highest BCUT2D eigenvalue weighted by Crippen LogP contribution is 2.39. The van der Waals surface area contributed by atoms with E-state index in [1.807, 2.05) is 13.0 Å². The number of halogens is 3. The van der Waals surface area contributed by atoms with Crippen LogP contribution in [0.2, 0.25) is 10.0 Å². The molecule has 1 aromatic carbocycles. The summed E-state index contributed by atoms with van der Waals surface area (Å²) in [5.74, 6) is 1.32. The largest absolute Gasteiger partial charge is 0.338 e. The molecule has 5 nitrogen and oxygen atoms in total. The fraction of sp³-hybridized carbons (Fsp3) is 0.467. The summed E-state index contributed by atoms with van der Waals surface area (Å²) in [5, 5.41) is 8.83. The van der Waals surface area contributed by atoms with Crippen LogP contribution in [0.25, 0.3) is 0 Å². The van der Waals surface area contributed by atoms with E-state index < -0.39 is 0 Å². The zero-order chi connectivity index (χ0) is 16.4. The third-order valence-electron chi connectivity index (χ3n) is 3.81. The molecule has 1 aliphatic heterocycles. The van der Waals surface area contributed by atoms with Crippen molar-refractivity contribution in [2.45, 2.75) is 23.1 Å². The van der Waals surface area contributed by atoms with E-state index in [9.17, 15) is 0 Å². The molecule has 132 valence electrons. The normalized spacial score (nSPS) is 19.8. The van der Waals surface area contributed by atoms with Crippen molar-refractivity contribution >= 4 is 47.4 Å². The fourth-order valence-electron chi connectivity index (χ4n) is 2.45. The van der Waals surface area contributed by atoms with Gasteiger partial charge in [0, 0.05) is 29.6 Å². The predicted molar refractivity (Wildman–Crippen MR) is 101 cm³/mol. The first-order chi connectivity index (χ1) is 11.0. The second-order valence-corrected chi connectivity index (χ2v) is 7.75. The van der Waals surface area contributed by atoms with Crippen molar-refractivity contribution < 1.29 is 4.52 Å². The second kappa shape index (κ2) is 8.74. The maximum Gasteiger partial charge on any atom is 0.239 e. The maximum atomic E-state index is 6.21. The summed E-state index contributed by atoms with van der Waals surface area (Å²) in [6.07, 6.45) is 0. The van der Waals surface area contributed by atoms with Crippen molar-refractivity contribution in [2.75, 3.05) is 26.7 Å². The highest BCUT2D eigenvalue weighted by atomic mass is 35.5. The Morgan fingerprint density at radius 2 is 2.21 bits per heavy atom. The number of thioether (sulfide) groups is 1. The van der Waals surface area contributed by atoms with Gasteiger partial charge in [-0.3, -0.25) is 4.90 Å². The molecule has 1 N–H and O–H groups in total. The molecule has 24 heavy (non-hydrogen) atoms. The molecule has 3 rings (SSSR count). The third-order valence-corrected chi connectivity index (χ3v) is 5.63. The lowest BCUT2D eigenvalue weighted by molar-refractivity contribution is 0.190. The molecule has 0 saturated carbocycles. The van der Waals surface area contributed by atoms with E-state index in [1.54, 1.807) is 23.9 Å². The second-order valence-electron chi connectivity index (χ2n) is 5.53. The molecular formula is C15H19Cl3N4OS. The van der Waals surface area contributed by atoms with E-state index in [0.717, 1.165) is 30.4 Å². The molecule has 1 fully saturated rings. The Labute approximate surface area is 161 Å². The van der Waals surface area contributed by atoms with Crippen LogP contribution >= 0.6 is 47.4 Å². The quantitative estimate of drug-likeness (QED) is 0.763. The molecule has 0 bridgehead atoms. The molecule has 0 spiro atoms. The van der Waals surface area contributed by atoms with E-state index in [0.29, 0.717) is 15.9 Å². The highest BCUT2D eigenvalue weighted by molar-refractivity contribution is 7.99. The standard InChI is InChI=1S/C15H18Cl2N4OS.ClH/c1-9(23-13-7-10(16)3-4-11(13)17)15-19-14(20-22-15)12-8-18-5-6-21(12)2;/h3-4,7,9,12,18H,5-6,8H2,1-2H3;1H. The van der Waals surface area contributed by atoms with Gasteiger partial charge in [-0.1, -0.05) is 28.4 Å². The number of hydrogen-bond acceptors (Lipinski definition) is 6. The molecule has 2 unspecified atom stereocenters. The highest BCUT2D eigenvalue weighted by Gasteiger charge is 2.26. The van der Waals surface area contributed by atoms with E-state index in [4.69, 9.17) is 27.7 Å². The number of likely N-dealkylation sites (N-methyl/N-ethyl adjacent to an activating group) is 1. The van der Waals surface area contributed by atoms with Crippen molar-refractivity contribution in [1.29, 1.82) is 0 Å². The van der Waals surface area contributed by atoms with Gasteiger partial charge < -0.3 is 9.84 Å². The minimum absolute atomic E-state index is 0. The average Bonchev–Trinajstić information content (AvgIpc) is 3.01. The summed E-state index contributed by atoms with van der Waals surface area (Å²) >= 11 is 13.8. The predicted octanol–water partition coefficient (Wildman–Crippen LogP) is 4.23. The molecule has 2 aromatic rings. The summed E-state index contributed by atoms with van der Waals surface area (Å²) in [7, 11) is 2.07. The Balaban J connectivity index is 0.00000208. The lowest BCUT2D eigenvalue weighted by Crippen LogP contribution is -2.44. The fourth-order valence-corrected chi connectivity index (χ4v) is 3.89. The van der Waals surface area contributed by atoms with E-state index in [2.05, 4.69) is 27.4 Å². The van der Waals surface area contributed by atoms with E-state index in [1.165, 1.54) is 0 Å². The van der Waals surface area contributed by atoms with Crippen LogP contribution in [0.5, 0.6) is 0 Å². The lowest BCUT2D eigenvalue weighted by Gasteiger charge is -2.30. The molecule has 1 saturated heterocycles. The first-order valence-electron chi connectivity index (χ1n) is 7.41. The zero-order valence-electron chi connectivity index (χ0n) is 13.3. The molecule has 0 radical (unpaired) electrons. The monoisotopic (exact) mass is 408 g/mol. The number of hydrogen-bond donors (Lipinski definition) is 1. The third kappa shape index (κ3) is 4.56. The topological polar surface area (TPSA) is 54.2 Å². The smallest absolute Gasteiger partial charge is 0.239 e. The Morgan fingerprint density at radius 1 is 1.42 bits per heavy atom. The number of benzene rings is 1. The molecule has 1 aliphatic rings. The lowest BCUT2D eigenvalue weighted by atomic mass is 10.2. The van der Waals surface area contributed by atoms with Crippen LogP contribution in [0.15, 0.2) is 27.6 Å². The molecular weight excluding hydrogens is 391 g/mol. The van der Waals surface area contributed by atoms with Crippen molar-refractivity contribution in [3.05, 3.63) is 40.0 Å². The van der Waals surface area contributed by atoms with Gasteiger partial charge in [-0.05, 0) is 32.2 Å². The van der Waals surface area contributed by atoms with Crippen molar-refractivity contribution in [1.82, 2.24) is 20.4 Å². The molecule has 2 atom stereocenters. The average molecular weight is 410 g/mol. The van der Waals surface area contributed by atoms with Crippen LogP contribution in [0, 0.1) is 0 Å². The first-order valence-corrected chi connectivity index (χ1v) is 9.04. The Hall–Kier alpha value is -0.500. The molecule has 1 aromatic heterocycles. The van der Waals surface area contributed by atoms with Crippen molar-refractivity contribution in [2.24, 2.45) is 0 Å². The van der Waals surface area contributed by atoms with Crippen molar-refractivity contribution in [3.63, 3.8) is 0 Å². The van der Waals surface area contributed by atoms with Crippen LogP contribution in [-0.4, -0.2) is 41.7 Å². The van der Waals surface area contributed by atoms with Crippen LogP contribution in [0.4, 0.5) is 0 Å². The van der Waals surface area contributed by atoms with Gasteiger partial charge in [0.05, 0.1) is 16.3 Å². The number of nitrogens with one attached hydrogen (secondary N) is 1. The number of aromatic nitrogens is 2.